The van der Waals surface area contributed by atoms with Crippen molar-refractivity contribution in [2.45, 2.75) is 103 Å². The number of nitrogens with zero attached hydrogens (tertiary/aromatic N) is 1. The number of rotatable bonds is 17. The SMILES string of the molecule is Cc1[nH]nc(N)c1CC(=O)CCCCCCCCCCCCCCc1ccccc1. The highest BCUT2D eigenvalue weighted by atomic mass is 16.1. The number of benzene rings is 1. The summed E-state index contributed by atoms with van der Waals surface area (Å²) in [5.74, 6) is 0.739. The second kappa shape index (κ2) is 14.8. The van der Waals surface area contributed by atoms with Crippen molar-refractivity contribution in [1.82, 2.24) is 10.2 Å². The van der Waals surface area contributed by atoms with Gasteiger partial charge in [-0.3, -0.25) is 9.89 Å². The summed E-state index contributed by atoms with van der Waals surface area (Å²) in [6, 6.07) is 10.8. The summed E-state index contributed by atoms with van der Waals surface area (Å²) >= 11 is 0. The highest BCUT2D eigenvalue weighted by molar-refractivity contribution is 5.82. The van der Waals surface area contributed by atoms with Crippen LogP contribution in [0.1, 0.15) is 100 Å². The number of Topliss-reactive ketones (excluding diaryl/α,β-unsaturated/α-hetero) is 1. The van der Waals surface area contributed by atoms with Crippen LogP contribution in [-0.4, -0.2) is 16.0 Å². The van der Waals surface area contributed by atoms with Crippen molar-refractivity contribution in [3.05, 3.63) is 47.2 Å². The monoisotopic (exact) mass is 411 g/mol. The molecule has 3 N–H and O–H groups in total. The molecule has 0 amide bonds. The standard InChI is InChI=1S/C26H41N3O/c1-22-25(26(27)29-28-22)21-24(30)20-16-11-9-7-5-3-2-4-6-8-10-13-17-23-18-14-12-15-19-23/h12,14-15,18-19H,2-11,13,16-17,20-21H2,1H3,(H3,27,28,29). The summed E-state index contributed by atoms with van der Waals surface area (Å²) in [4.78, 5) is 12.1. The zero-order valence-electron chi connectivity index (χ0n) is 18.9. The van der Waals surface area contributed by atoms with E-state index < -0.39 is 0 Å². The largest absolute Gasteiger partial charge is 0.382 e. The number of aryl methyl sites for hydroxylation is 2. The molecule has 2 rings (SSSR count). The molecule has 2 aromatic rings. The molecular weight excluding hydrogens is 370 g/mol. The van der Waals surface area contributed by atoms with Gasteiger partial charge in [-0.1, -0.05) is 94.5 Å². The van der Waals surface area contributed by atoms with Gasteiger partial charge in [-0.05, 0) is 31.7 Å². The van der Waals surface area contributed by atoms with Gasteiger partial charge >= 0.3 is 0 Å². The van der Waals surface area contributed by atoms with Gasteiger partial charge in [-0.2, -0.15) is 5.10 Å². The van der Waals surface area contributed by atoms with Crippen molar-refractivity contribution in [3.8, 4) is 0 Å². The number of nitrogen functional groups attached to an aromatic ring is 1. The summed E-state index contributed by atoms with van der Waals surface area (Å²) in [5.41, 5.74) is 9.05. The van der Waals surface area contributed by atoms with E-state index in [1.807, 2.05) is 6.92 Å². The van der Waals surface area contributed by atoms with E-state index in [4.69, 9.17) is 5.73 Å². The maximum Gasteiger partial charge on any atom is 0.149 e. The lowest BCUT2D eigenvalue weighted by Crippen LogP contribution is -2.05. The van der Waals surface area contributed by atoms with E-state index >= 15 is 0 Å². The highest BCUT2D eigenvalue weighted by Crippen LogP contribution is 2.16. The normalized spacial score (nSPS) is 11.1. The Bertz CT molecular complexity index is 689. The topological polar surface area (TPSA) is 71.8 Å². The number of H-pyrrole nitrogens is 1. The molecule has 0 saturated heterocycles. The first-order valence-electron chi connectivity index (χ1n) is 12.0. The van der Waals surface area contributed by atoms with Crippen LogP contribution < -0.4 is 5.73 Å². The van der Waals surface area contributed by atoms with Crippen LogP contribution >= 0.6 is 0 Å². The van der Waals surface area contributed by atoms with Crippen LogP contribution in [-0.2, 0) is 17.6 Å². The number of nitrogens with one attached hydrogen (secondary N) is 1. The summed E-state index contributed by atoms with van der Waals surface area (Å²) in [6.45, 7) is 1.91. The summed E-state index contributed by atoms with van der Waals surface area (Å²) in [6.07, 6.45) is 17.9. The van der Waals surface area contributed by atoms with Gasteiger partial charge in [0.05, 0.1) is 0 Å². The molecule has 0 radical (unpaired) electrons. The number of anilines is 1. The van der Waals surface area contributed by atoms with E-state index in [9.17, 15) is 4.79 Å². The van der Waals surface area contributed by atoms with E-state index in [0.717, 1.165) is 24.1 Å². The van der Waals surface area contributed by atoms with Gasteiger partial charge in [0.25, 0.3) is 0 Å². The Balaban J connectivity index is 1.32. The molecule has 1 heterocycles. The van der Waals surface area contributed by atoms with Gasteiger partial charge in [0.1, 0.15) is 11.6 Å². The summed E-state index contributed by atoms with van der Waals surface area (Å²) in [7, 11) is 0. The van der Waals surface area contributed by atoms with Crippen molar-refractivity contribution < 1.29 is 4.79 Å². The number of aromatic nitrogens is 2. The molecule has 4 heteroatoms. The van der Waals surface area contributed by atoms with E-state index in [-0.39, 0.29) is 5.78 Å². The van der Waals surface area contributed by atoms with Gasteiger partial charge in [0, 0.05) is 24.1 Å². The zero-order chi connectivity index (χ0) is 21.4. The number of unbranched alkanes of at least 4 members (excludes halogenated alkanes) is 11. The fourth-order valence-corrected chi connectivity index (χ4v) is 4.04. The quantitative estimate of drug-likeness (QED) is 0.284. The van der Waals surface area contributed by atoms with Crippen molar-refractivity contribution >= 4 is 11.6 Å². The number of carbonyl (C=O) groups is 1. The maximum atomic E-state index is 12.1. The Morgan fingerprint density at radius 2 is 1.37 bits per heavy atom. The molecule has 4 nitrogen and oxygen atoms in total. The van der Waals surface area contributed by atoms with E-state index in [2.05, 4.69) is 40.5 Å². The molecular formula is C26H41N3O. The lowest BCUT2D eigenvalue weighted by Gasteiger charge is -2.04. The molecule has 0 saturated carbocycles. The van der Waals surface area contributed by atoms with Crippen LogP contribution in [0.2, 0.25) is 0 Å². The van der Waals surface area contributed by atoms with Crippen molar-refractivity contribution in [3.63, 3.8) is 0 Å². The smallest absolute Gasteiger partial charge is 0.149 e. The lowest BCUT2D eigenvalue weighted by atomic mass is 10.0. The second-order valence-electron chi connectivity index (χ2n) is 8.66. The minimum absolute atomic E-state index is 0.273. The Labute approximate surface area is 183 Å². The Morgan fingerprint density at radius 3 is 1.90 bits per heavy atom. The molecule has 0 spiro atoms. The molecule has 0 aliphatic carbocycles. The van der Waals surface area contributed by atoms with E-state index in [1.165, 1.54) is 76.2 Å². The summed E-state index contributed by atoms with van der Waals surface area (Å²) < 4.78 is 0. The molecule has 1 aromatic carbocycles. The predicted molar refractivity (Wildman–Crippen MR) is 127 cm³/mol. The van der Waals surface area contributed by atoms with Crippen LogP contribution in [0, 0.1) is 6.92 Å². The number of hydrogen-bond donors (Lipinski definition) is 2. The molecule has 0 atom stereocenters. The van der Waals surface area contributed by atoms with Crippen molar-refractivity contribution in [2.24, 2.45) is 0 Å². The molecule has 0 aliphatic heterocycles. The Kier molecular flexibility index (Phi) is 11.9. The molecule has 0 fully saturated rings. The number of hydrogen-bond acceptors (Lipinski definition) is 3. The van der Waals surface area contributed by atoms with Crippen LogP contribution in [0.25, 0.3) is 0 Å². The zero-order valence-corrected chi connectivity index (χ0v) is 18.9. The third-order valence-corrected chi connectivity index (χ3v) is 5.99. The lowest BCUT2D eigenvalue weighted by molar-refractivity contribution is -0.118. The van der Waals surface area contributed by atoms with E-state index in [1.54, 1.807) is 0 Å². The third-order valence-electron chi connectivity index (χ3n) is 5.99. The van der Waals surface area contributed by atoms with Gasteiger partial charge in [0.15, 0.2) is 0 Å². The van der Waals surface area contributed by atoms with Crippen molar-refractivity contribution in [1.29, 1.82) is 0 Å². The van der Waals surface area contributed by atoms with Gasteiger partial charge in [0.2, 0.25) is 0 Å². The van der Waals surface area contributed by atoms with Crippen LogP contribution in [0.4, 0.5) is 5.82 Å². The molecule has 0 aliphatic rings. The average Bonchev–Trinajstić information content (AvgIpc) is 3.06. The second-order valence-corrected chi connectivity index (χ2v) is 8.66. The van der Waals surface area contributed by atoms with Gasteiger partial charge in [-0.15, -0.1) is 0 Å². The predicted octanol–water partition coefficient (Wildman–Crippen LogP) is 6.73. The van der Waals surface area contributed by atoms with E-state index in [0.29, 0.717) is 18.7 Å². The van der Waals surface area contributed by atoms with Crippen LogP contribution in [0.3, 0.4) is 0 Å². The fraction of sp³-hybridized carbons (Fsp3) is 0.615. The number of carbonyl (C=O) groups excluding carboxylic acids is 1. The molecule has 0 unspecified atom stereocenters. The van der Waals surface area contributed by atoms with Crippen LogP contribution in [0.15, 0.2) is 30.3 Å². The van der Waals surface area contributed by atoms with Crippen molar-refractivity contribution in [2.75, 3.05) is 5.73 Å². The maximum absolute atomic E-state index is 12.1. The molecule has 30 heavy (non-hydrogen) atoms. The highest BCUT2D eigenvalue weighted by Gasteiger charge is 2.11. The number of aromatic amines is 1. The summed E-state index contributed by atoms with van der Waals surface area (Å²) in [5, 5.41) is 6.79. The Morgan fingerprint density at radius 1 is 0.833 bits per heavy atom. The molecule has 0 bridgehead atoms. The number of ketones is 1. The van der Waals surface area contributed by atoms with Gasteiger partial charge in [-0.25, -0.2) is 0 Å². The average molecular weight is 412 g/mol. The third kappa shape index (κ3) is 10.1. The molecule has 1 aromatic heterocycles. The van der Waals surface area contributed by atoms with Crippen LogP contribution in [0.5, 0.6) is 0 Å². The first kappa shape index (κ1) is 24.2. The minimum atomic E-state index is 0.273. The first-order valence-corrected chi connectivity index (χ1v) is 12.0. The first-order chi connectivity index (χ1) is 14.7. The minimum Gasteiger partial charge on any atom is -0.382 e. The molecule has 166 valence electrons. The number of nitrogens with two attached hydrogens (primary N) is 1. The van der Waals surface area contributed by atoms with Gasteiger partial charge < -0.3 is 5.73 Å². The fourth-order valence-electron chi connectivity index (χ4n) is 4.04. The Hall–Kier alpha value is -2.10.